The van der Waals surface area contributed by atoms with E-state index in [2.05, 4.69) is 12.1 Å². The molecule has 0 saturated carbocycles. The van der Waals surface area contributed by atoms with E-state index in [1.54, 1.807) is 0 Å². The van der Waals surface area contributed by atoms with Gasteiger partial charge in [-0.05, 0) is 19.3 Å². The van der Waals surface area contributed by atoms with E-state index in [4.69, 9.17) is 10.5 Å². The first kappa shape index (κ1) is 11.7. The zero-order valence-electron chi connectivity index (χ0n) is 8.65. The van der Waals surface area contributed by atoms with Crippen LogP contribution in [-0.2, 0) is 0 Å². The monoisotopic (exact) mass is 294 g/mol. The molecule has 1 aliphatic carbocycles. The second-order valence-corrected chi connectivity index (χ2v) is 8.33. The van der Waals surface area contributed by atoms with Crippen LogP contribution in [0.3, 0.4) is 0 Å². The van der Waals surface area contributed by atoms with Crippen LogP contribution in [0, 0.1) is 22.7 Å². The van der Waals surface area contributed by atoms with Gasteiger partial charge in [0.1, 0.15) is 21.9 Å². The molecule has 0 N–H and O–H groups in total. The van der Waals surface area contributed by atoms with Gasteiger partial charge >= 0.3 is 0 Å². The number of nitriles is 2. The van der Waals surface area contributed by atoms with Crippen molar-refractivity contribution in [2.45, 2.75) is 19.3 Å². The maximum absolute atomic E-state index is 8.95. The average molecular weight is 294 g/mol. The molecule has 0 aromatic heterocycles. The molecule has 3 aliphatic rings. The molecule has 0 aromatic rings. The molecular weight excluding hydrogens is 288 g/mol. The predicted molar refractivity (Wildman–Crippen MR) is 76.5 cm³/mol. The van der Waals surface area contributed by atoms with Gasteiger partial charge in [0, 0.05) is 9.81 Å². The zero-order valence-corrected chi connectivity index (χ0v) is 11.9. The maximum Gasteiger partial charge on any atom is 0.115 e. The summed E-state index contributed by atoms with van der Waals surface area (Å²) in [6.45, 7) is 0. The molecule has 0 spiro atoms. The number of thioether (sulfide) groups is 4. The largest absolute Gasteiger partial charge is 0.192 e. The fourth-order valence-corrected chi connectivity index (χ4v) is 7.14. The number of rotatable bonds is 0. The van der Waals surface area contributed by atoms with Crippen molar-refractivity contribution in [2.24, 2.45) is 0 Å². The Hall–Kier alpha value is -0.400. The van der Waals surface area contributed by atoms with E-state index in [1.165, 1.54) is 56.8 Å². The van der Waals surface area contributed by atoms with Crippen LogP contribution in [0.1, 0.15) is 19.3 Å². The second-order valence-electron chi connectivity index (χ2n) is 3.56. The smallest absolute Gasteiger partial charge is 0.115 e. The molecule has 0 radical (unpaired) electrons. The lowest BCUT2D eigenvalue weighted by atomic mass is 10.4. The van der Waals surface area contributed by atoms with Gasteiger partial charge in [0.2, 0.25) is 0 Å². The molecule has 6 heteroatoms. The third kappa shape index (κ3) is 2.04. The summed E-state index contributed by atoms with van der Waals surface area (Å²) >= 11 is 6.58. The lowest BCUT2D eigenvalue weighted by Crippen LogP contribution is -1.72. The highest BCUT2D eigenvalue weighted by molar-refractivity contribution is 8.34. The lowest BCUT2D eigenvalue weighted by molar-refractivity contribution is 0.921. The van der Waals surface area contributed by atoms with Gasteiger partial charge in [-0.15, -0.1) is 0 Å². The van der Waals surface area contributed by atoms with Gasteiger partial charge in [0.15, 0.2) is 0 Å². The van der Waals surface area contributed by atoms with Crippen LogP contribution in [0.25, 0.3) is 0 Å². The van der Waals surface area contributed by atoms with Crippen molar-refractivity contribution in [1.82, 2.24) is 0 Å². The minimum atomic E-state index is 0.549. The third-order valence-corrected chi connectivity index (χ3v) is 8.24. The van der Waals surface area contributed by atoms with Gasteiger partial charge in [-0.25, -0.2) is 0 Å². The molecule has 3 rings (SSSR count). The summed E-state index contributed by atoms with van der Waals surface area (Å²) in [7, 11) is 0. The van der Waals surface area contributed by atoms with Crippen LogP contribution < -0.4 is 0 Å². The van der Waals surface area contributed by atoms with E-state index >= 15 is 0 Å². The Balaban J connectivity index is 1.83. The standard InChI is InChI=1S/C11H6N2S4/c12-4-8-9(5-13)17-11(16-8)10-14-6-2-1-3-7(6)15-10/h1-3H2. The summed E-state index contributed by atoms with van der Waals surface area (Å²) in [5.41, 5.74) is 0. The van der Waals surface area contributed by atoms with Crippen LogP contribution in [-0.4, -0.2) is 0 Å². The van der Waals surface area contributed by atoms with E-state index in [0.29, 0.717) is 9.81 Å². The normalized spacial score (nSPS) is 23.2. The quantitative estimate of drug-likeness (QED) is 0.644. The van der Waals surface area contributed by atoms with Gasteiger partial charge in [0.25, 0.3) is 0 Å². The highest BCUT2D eigenvalue weighted by Crippen LogP contribution is 2.62. The average Bonchev–Trinajstić information content (AvgIpc) is 3.00. The Morgan fingerprint density at radius 1 is 0.765 bits per heavy atom. The first-order valence-electron chi connectivity index (χ1n) is 5.04. The molecule has 2 heterocycles. The summed E-state index contributed by atoms with van der Waals surface area (Å²) in [6, 6.07) is 4.20. The predicted octanol–water partition coefficient (Wildman–Crippen LogP) is 4.73. The summed E-state index contributed by atoms with van der Waals surface area (Å²) in [5, 5.41) is 17.9. The van der Waals surface area contributed by atoms with Gasteiger partial charge in [-0.2, -0.15) is 10.5 Å². The van der Waals surface area contributed by atoms with Crippen molar-refractivity contribution >= 4 is 47.0 Å². The molecule has 0 fully saturated rings. The van der Waals surface area contributed by atoms with E-state index in [9.17, 15) is 0 Å². The summed E-state index contributed by atoms with van der Waals surface area (Å²) in [4.78, 5) is 4.10. The van der Waals surface area contributed by atoms with Crippen molar-refractivity contribution in [3.63, 3.8) is 0 Å². The highest BCUT2D eigenvalue weighted by atomic mass is 32.2. The van der Waals surface area contributed by atoms with Crippen molar-refractivity contribution in [3.05, 3.63) is 28.1 Å². The van der Waals surface area contributed by atoms with Crippen molar-refractivity contribution in [1.29, 1.82) is 10.5 Å². The Bertz CT molecular complexity index is 525. The number of allylic oxidation sites excluding steroid dienone is 4. The molecule has 0 amide bonds. The molecule has 0 aromatic carbocycles. The van der Waals surface area contributed by atoms with Crippen molar-refractivity contribution in [2.75, 3.05) is 0 Å². The zero-order chi connectivity index (χ0) is 11.8. The first-order chi connectivity index (χ1) is 8.31. The number of hydrogen-bond acceptors (Lipinski definition) is 6. The van der Waals surface area contributed by atoms with Gasteiger partial charge in [0.05, 0.1) is 8.47 Å². The Morgan fingerprint density at radius 3 is 1.71 bits per heavy atom. The minimum Gasteiger partial charge on any atom is -0.192 e. The van der Waals surface area contributed by atoms with Crippen molar-refractivity contribution < 1.29 is 0 Å². The molecule has 17 heavy (non-hydrogen) atoms. The highest BCUT2D eigenvalue weighted by Gasteiger charge is 2.31. The lowest BCUT2D eigenvalue weighted by Gasteiger charge is -2.03. The molecule has 84 valence electrons. The van der Waals surface area contributed by atoms with E-state index in [-0.39, 0.29) is 0 Å². The second kappa shape index (κ2) is 4.70. The molecular formula is C11H6N2S4. The Labute approximate surface area is 117 Å². The topological polar surface area (TPSA) is 47.6 Å². The fourth-order valence-electron chi connectivity index (χ4n) is 1.76. The van der Waals surface area contributed by atoms with Crippen molar-refractivity contribution in [3.8, 4) is 12.1 Å². The van der Waals surface area contributed by atoms with Crippen LogP contribution in [0.5, 0.6) is 0 Å². The molecule has 2 aliphatic heterocycles. The molecule has 0 unspecified atom stereocenters. The fraction of sp³-hybridized carbons (Fsp3) is 0.273. The van der Waals surface area contributed by atoms with Crippen LogP contribution >= 0.6 is 47.0 Å². The number of hydrogen-bond donors (Lipinski definition) is 0. The first-order valence-corrected chi connectivity index (χ1v) is 8.30. The Kier molecular flexibility index (Phi) is 3.23. The van der Waals surface area contributed by atoms with Crippen LogP contribution in [0.2, 0.25) is 0 Å². The SMILES string of the molecule is N#CC1=C(C#N)SC(=C2SC3=C(CCC3)S2)S1. The summed E-state index contributed by atoms with van der Waals surface area (Å²) in [5.74, 6) is 0. The van der Waals surface area contributed by atoms with Gasteiger partial charge in [-0.3, -0.25) is 0 Å². The Morgan fingerprint density at radius 2 is 1.24 bits per heavy atom. The van der Waals surface area contributed by atoms with Gasteiger partial charge < -0.3 is 0 Å². The van der Waals surface area contributed by atoms with Gasteiger partial charge in [-0.1, -0.05) is 47.0 Å². The summed E-state index contributed by atoms with van der Waals surface area (Å²) < 4.78 is 2.38. The minimum absolute atomic E-state index is 0.549. The number of nitrogens with zero attached hydrogens (tertiary/aromatic N) is 2. The molecule has 0 atom stereocenters. The maximum atomic E-state index is 8.95. The van der Waals surface area contributed by atoms with Crippen LogP contribution in [0.15, 0.2) is 28.1 Å². The van der Waals surface area contributed by atoms with E-state index < -0.39 is 0 Å². The molecule has 0 saturated heterocycles. The van der Waals surface area contributed by atoms with Crippen LogP contribution in [0.4, 0.5) is 0 Å². The van der Waals surface area contributed by atoms with E-state index in [1.807, 2.05) is 23.5 Å². The molecule has 0 bridgehead atoms. The summed E-state index contributed by atoms with van der Waals surface area (Å²) in [6.07, 6.45) is 3.67. The third-order valence-electron chi connectivity index (χ3n) is 2.52. The van der Waals surface area contributed by atoms with E-state index in [0.717, 1.165) is 4.24 Å². The molecule has 2 nitrogen and oxygen atoms in total.